The zero-order valence-corrected chi connectivity index (χ0v) is 23.5. The number of para-hydroxylation sites is 1. The van der Waals surface area contributed by atoms with E-state index in [9.17, 15) is 0 Å². The van der Waals surface area contributed by atoms with Crippen molar-refractivity contribution in [3.8, 4) is 5.75 Å². The lowest BCUT2D eigenvalue weighted by atomic mass is 9.77. The molecule has 190 valence electrons. The van der Waals surface area contributed by atoms with Crippen molar-refractivity contribution in [2.45, 2.75) is 25.0 Å². The van der Waals surface area contributed by atoms with Crippen molar-refractivity contribution in [1.29, 1.82) is 0 Å². The van der Waals surface area contributed by atoms with Crippen molar-refractivity contribution >= 4 is 56.7 Å². The Morgan fingerprint density at radius 2 is 1.82 bits per heavy atom. The Bertz CT molecular complexity index is 1530. The zero-order chi connectivity index (χ0) is 26.1. The number of fused-ring (bicyclic) bond motifs is 3. The van der Waals surface area contributed by atoms with Crippen LogP contribution >= 0.6 is 39.1 Å². The van der Waals surface area contributed by atoms with Gasteiger partial charge in [0, 0.05) is 33.4 Å². The van der Waals surface area contributed by atoms with Crippen molar-refractivity contribution in [1.82, 2.24) is 0 Å². The molecule has 2 aliphatic rings. The van der Waals surface area contributed by atoms with Gasteiger partial charge >= 0.3 is 0 Å². The van der Waals surface area contributed by atoms with E-state index in [1.165, 1.54) is 16.8 Å². The lowest BCUT2D eigenvalue weighted by Gasteiger charge is -2.37. The molecule has 1 aliphatic carbocycles. The smallest absolute Gasteiger partial charge is 0.134 e. The minimum absolute atomic E-state index is 0.286. The first kappa shape index (κ1) is 25.2. The minimum Gasteiger partial charge on any atom is -0.488 e. The normalized spacial score (nSPS) is 19.7. The summed E-state index contributed by atoms with van der Waals surface area (Å²) in [5, 5.41) is 4.99. The zero-order valence-electron chi connectivity index (χ0n) is 20.5. The van der Waals surface area contributed by atoms with Gasteiger partial charge in [0.05, 0.1) is 16.2 Å². The molecule has 1 heterocycles. The van der Waals surface area contributed by atoms with Crippen LogP contribution in [0.2, 0.25) is 10.0 Å². The molecule has 0 unspecified atom stereocenters. The number of hydrogen-bond donors (Lipinski definition) is 1. The molecule has 0 saturated carbocycles. The standard InChI is InChI=1S/C32H25BrCl2N2O/c33-28-16-20(8-15-31(28)38-19-22-9-12-23(34)17-29(22)35)18-36-24-13-10-21(11-14-24)32-27-6-3-5-25(27)26-4-1-2-7-30(26)37-32/h1-5,7-18,25,27,32,37H,6,19H2/t25-,27-,32+/m1/s1. The maximum atomic E-state index is 6.26. The second-order valence-corrected chi connectivity index (χ2v) is 11.3. The number of allylic oxidation sites excluding steroid dienone is 2. The monoisotopic (exact) mass is 602 g/mol. The highest BCUT2D eigenvalue weighted by Gasteiger charge is 2.37. The van der Waals surface area contributed by atoms with E-state index >= 15 is 0 Å². The molecule has 0 fully saturated rings. The Kier molecular flexibility index (Phi) is 7.29. The van der Waals surface area contributed by atoms with Crippen molar-refractivity contribution in [3.63, 3.8) is 0 Å². The summed E-state index contributed by atoms with van der Waals surface area (Å²) in [6.45, 7) is 0.355. The van der Waals surface area contributed by atoms with E-state index in [1.807, 2.05) is 30.5 Å². The molecule has 0 bridgehead atoms. The fourth-order valence-corrected chi connectivity index (χ4v) is 6.27. The number of aliphatic imine (C=N–C) groups is 1. The second-order valence-electron chi connectivity index (χ2n) is 9.63. The first-order valence-corrected chi connectivity index (χ1v) is 14.1. The highest BCUT2D eigenvalue weighted by Crippen LogP contribution is 2.49. The molecular weight excluding hydrogens is 579 g/mol. The summed E-state index contributed by atoms with van der Waals surface area (Å²) in [5.74, 6) is 1.75. The van der Waals surface area contributed by atoms with Crippen LogP contribution in [0.1, 0.15) is 40.6 Å². The van der Waals surface area contributed by atoms with E-state index in [2.05, 4.69) is 81.9 Å². The maximum Gasteiger partial charge on any atom is 0.134 e. The molecule has 6 heteroatoms. The molecule has 0 aromatic heterocycles. The van der Waals surface area contributed by atoms with Crippen molar-refractivity contribution in [2.75, 3.05) is 5.32 Å². The van der Waals surface area contributed by atoms with E-state index in [4.69, 9.17) is 32.9 Å². The number of hydrogen-bond acceptors (Lipinski definition) is 3. The number of anilines is 1. The molecule has 4 aromatic rings. The van der Waals surface area contributed by atoms with Crippen LogP contribution in [-0.4, -0.2) is 6.21 Å². The van der Waals surface area contributed by atoms with E-state index in [1.54, 1.807) is 12.1 Å². The van der Waals surface area contributed by atoms with E-state index in [0.29, 0.717) is 28.5 Å². The SMILES string of the molecule is Clc1ccc(COc2ccc(C=Nc3ccc([C@@H]4Nc5ccccc5[C@H]5C=CC[C@H]54)cc3)cc2Br)c(Cl)c1. The molecule has 0 saturated heterocycles. The van der Waals surface area contributed by atoms with Gasteiger partial charge in [0.25, 0.3) is 0 Å². The molecule has 3 atom stereocenters. The predicted octanol–water partition coefficient (Wildman–Crippen LogP) is 9.91. The Labute approximate surface area is 241 Å². The third kappa shape index (κ3) is 5.26. The molecular formula is C32H25BrCl2N2O. The van der Waals surface area contributed by atoms with Gasteiger partial charge in [-0.05, 0) is 93.5 Å². The average molecular weight is 604 g/mol. The molecule has 38 heavy (non-hydrogen) atoms. The van der Waals surface area contributed by atoms with Gasteiger partial charge in [-0.2, -0.15) is 0 Å². The predicted molar refractivity (Wildman–Crippen MR) is 161 cm³/mol. The summed E-state index contributed by atoms with van der Waals surface area (Å²) in [6, 6.07) is 28.8. The third-order valence-corrected chi connectivity index (χ3v) is 8.45. The molecule has 1 N–H and O–H groups in total. The van der Waals surface area contributed by atoms with Crippen LogP contribution in [0, 0.1) is 5.92 Å². The fourth-order valence-electron chi connectivity index (χ4n) is 5.30. The molecule has 6 rings (SSSR count). The first-order chi connectivity index (χ1) is 18.5. The number of nitrogens with zero attached hydrogens (tertiary/aromatic N) is 1. The molecule has 1 aliphatic heterocycles. The summed E-state index contributed by atoms with van der Waals surface area (Å²) >= 11 is 15.8. The van der Waals surface area contributed by atoms with Crippen molar-refractivity contribution < 1.29 is 4.74 Å². The van der Waals surface area contributed by atoms with Gasteiger partial charge in [0.2, 0.25) is 0 Å². The number of ether oxygens (including phenoxy) is 1. The largest absolute Gasteiger partial charge is 0.488 e. The van der Waals surface area contributed by atoms with Gasteiger partial charge < -0.3 is 10.1 Å². The molecule has 0 radical (unpaired) electrons. The lowest BCUT2D eigenvalue weighted by Crippen LogP contribution is -2.28. The Morgan fingerprint density at radius 3 is 2.63 bits per heavy atom. The van der Waals surface area contributed by atoms with Gasteiger partial charge in [-0.25, -0.2) is 0 Å². The van der Waals surface area contributed by atoms with Crippen LogP contribution < -0.4 is 10.1 Å². The molecule has 0 spiro atoms. The van der Waals surface area contributed by atoms with Crippen LogP contribution in [0.4, 0.5) is 11.4 Å². The summed E-state index contributed by atoms with van der Waals surface area (Å²) in [4.78, 5) is 4.70. The van der Waals surface area contributed by atoms with E-state index in [-0.39, 0.29) is 6.04 Å². The highest BCUT2D eigenvalue weighted by molar-refractivity contribution is 9.10. The van der Waals surface area contributed by atoms with Crippen LogP contribution in [0.5, 0.6) is 5.75 Å². The quantitative estimate of drug-likeness (QED) is 0.176. The summed E-state index contributed by atoms with van der Waals surface area (Å²) in [7, 11) is 0. The van der Waals surface area contributed by atoms with Gasteiger partial charge in [0.1, 0.15) is 12.4 Å². The minimum atomic E-state index is 0.286. The lowest BCUT2D eigenvalue weighted by molar-refractivity contribution is 0.304. The summed E-state index contributed by atoms with van der Waals surface area (Å²) in [6.07, 6.45) is 7.66. The second kappa shape index (κ2) is 11.0. The number of rotatable bonds is 6. The highest BCUT2D eigenvalue weighted by atomic mass is 79.9. The Balaban J connectivity index is 1.12. The van der Waals surface area contributed by atoms with Crippen LogP contribution in [-0.2, 0) is 6.61 Å². The van der Waals surface area contributed by atoms with Crippen molar-refractivity contribution in [3.05, 3.63) is 134 Å². The van der Waals surface area contributed by atoms with Crippen LogP contribution in [0.25, 0.3) is 0 Å². The van der Waals surface area contributed by atoms with E-state index in [0.717, 1.165) is 33.5 Å². The van der Waals surface area contributed by atoms with Gasteiger partial charge in [0.15, 0.2) is 0 Å². The molecule has 0 amide bonds. The van der Waals surface area contributed by atoms with Crippen LogP contribution in [0.15, 0.2) is 107 Å². The summed E-state index contributed by atoms with van der Waals surface area (Å²) < 4.78 is 6.81. The number of benzene rings is 4. The fraction of sp³-hybridized carbons (Fsp3) is 0.156. The van der Waals surface area contributed by atoms with Gasteiger partial charge in [-0.3, -0.25) is 4.99 Å². The molecule has 3 nitrogen and oxygen atoms in total. The topological polar surface area (TPSA) is 33.6 Å². The Hall–Kier alpha value is -3.05. The molecule has 4 aromatic carbocycles. The first-order valence-electron chi connectivity index (χ1n) is 12.6. The number of nitrogens with one attached hydrogen (secondary N) is 1. The van der Waals surface area contributed by atoms with E-state index < -0.39 is 0 Å². The third-order valence-electron chi connectivity index (χ3n) is 7.24. The van der Waals surface area contributed by atoms with Gasteiger partial charge in [-0.1, -0.05) is 71.8 Å². The number of halogens is 3. The van der Waals surface area contributed by atoms with Gasteiger partial charge in [-0.15, -0.1) is 0 Å². The van der Waals surface area contributed by atoms with Crippen LogP contribution in [0.3, 0.4) is 0 Å². The summed E-state index contributed by atoms with van der Waals surface area (Å²) in [5.41, 5.74) is 6.71. The maximum absolute atomic E-state index is 6.26. The van der Waals surface area contributed by atoms with Crippen molar-refractivity contribution in [2.24, 2.45) is 10.9 Å². The average Bonchev–Trinajstić information content (AvgIpc) is 3.43. The Morgan fingerprint density at radius 1 is 0.974 bits per heavy atom.